The molecule has 3 rings (SSSR count). The lowest BCUT2D eigenvalue weighted by Gasteiger charge is -2.35. The van der Waals surface area contributed by atoms with Crippen molar-refractivity contribution in [2.24, 2.45) is 5.41 Å². The molecule has 0 bridgehead atoms. The van der Waals surface area contributed by atoms with E-state index >= 15 is 0 Å². The van der Waals surface area contributed by atoms with Gasteiger partial charge >= 0.3 is 0 Å². The molecular weight excluding hydrogens is 334 g/mol. The first kappa shape index (κ1) is 19.4. The highest BCUT2D eigenvalue weighted by molar-refractivity contribution is 5.74. The van der Waals surface area contributed by atoms with Crippen molar-refractivity contribution >= 4 is 11.0 Å². The van der Waals surface area contributed by atoms with Crippen molar-refractivity contribution < 1.29 is 4.74 Å². The summed E-state index contributed by atoms with van der Waals surface area (Å²) in [5, 5.41) is 9.43. The predicted octanol–water partition coefficient (Wildman–Crippen LogP) is 5.76. The van der Waals surface area contributed by atoms with E-state index in [4.69, 9.17) is 14.9 Å². The van der Waals surface area contributed by atoms with Gasteiger partial charge in [0.05, 0.1) is 7.11 Å². The minimum Gasteiger partial charge on any atom is -0.494 e. The van der Waals surface area contributed by atoms with E-state index in [2.05, 4.69) is 54.5 Å². The molecule has 0 aliphatic rings. The number of fused-ring (bicyclic) bond motifs is 1. The number of rotatable bonds is 4. The van der Waals surface area contributed by atoms with Crippen LogP contribution in [0.4, 0.5) is 0 Å². The van der Waals surface area contributed by atoms with Gasteiger partial charge in [0.1, 0.15) is 22.5 Å². The molecule has 4 heteroatoms. The maximum absolute atomic E-state index is 5.96. The molecule has 0 aliphatic carbocycles. The molecule has 0 saturated heterocycles. The number of benzene rings is 2. The van der Waals surface area contributed by atoms with E-state index in [1.165, 1.54) is 11.1 Å². The number of hydrogen-bond donors (Lipinski definition) is 0. The summed E-state index contributed by atoms with van der Waals surface area (Å²) in [5.74, 6) is 0.868. The van der Waals surface area contributed by atoms with Gasteiger partial charge in [0.15, 0.2) is 0 Å². The molecule has 27 heavy (non-hydrogen) atoms. The van der Waals surface area contributed by atoms with E-state index in [0.29, 0.717) is 0 Å². The number of methoxy groups -OCH3 is 1. The van der Waals surface area contributed by atoms with Crippen LogP contribution in [0.2, 0.25) is 0 Å². The van der Waals surface area contributed by atoms with Crippen LogP contribution in [-0.2, 0) is 5.41 Å². The third-order valence-corrected chi connectivity index (χ3v) is 5.16. The van der Waals surface area contributed by atoms with E-state index in [1.54, 1.807) is 11.9 Å². The normalized spacial score (nSPS) is 12.6. The average Bonchev–Trinajstić information content (AvgIpc) is 2.97. The Balaban J connectivity index is 2.26. The Labute approximate surface area is 162 Å². The molecule has 0 atom stereocenters. The van der Waals surface area contributed by atoms with Crippen LogP contribution < -0.4 is 4.74 Å². The summed E-state index contributed by atoms with van der Waals surface area (Å²) in [6.45, 7) is 15.7. The number of aromatic nitrogens is 3. The Morgan fingerprint density at radius 3 is 2.00 bits per heavy atom. The van der Waals surface area contributed by atoms with Crippen molar-refractivity contribution in [1.29, 1.82) is 0 Å². The van der Waals surface area contributed by atoms with Crippen LogP contribution in [0.25, 0.3) is 16.7 Å². The fourth-order valence-electron chi connectivity index (χ4n) is 4.21. The summed E-state index contributed by atoms with van der Waals surface area (Å²) in [7, 11) is 1.74. The van der Waals surface area contributed by atoms with Gasteiger partial charge in [0.25, 0.3) is 0 Å². The van der Waals surface area contributed by atoms with Gasteiger partial charge < -0.3 is 4.74 Å². The molecular formula is C23H31N3O. The molecule has 0 saturated carbocycles. The van der Waals surface area contributed by atoms with Crippen molar-refractivity contribution in [1.82, 2.24) is 15.0 Å². The molecule has 4 nitrogen and oxygen atoms in total. The Morgan fingerprint density at radius 1 is 0.963 bits per heavy atom. The van der Waals surface area contributed by atoms with E-state index in [-0.39, 0.29) is 10.8 Å². The molecule has 3 aromatic rings. The van der Waals surface area contributed by atoms with Gasteiger partial charge in [-0.1, -0.05) is 52.8 Å². The van der Waals surface area contributed by atoms with E-state index in [1.807, 2.05) is 24.3 Å². The smallest absolute Gasteiger partial charge is 0.150 e. The summed E-state index contributed by atoms with van der Waals surface area (Å²) >= 11 is 0. The highest BCUT2D eigenvalue weighted by Crippen LogP contribution is 2.44. The first-order chi connectivity index (χ1) is 12.5. The second-order valence-corrected chi connectivity index (χ2v) is 9.35. The molecule has 0 aliphatic heterocycles. The van der Waals surface area contributed by atoms with E-state index in [0.717, 1.165) is 34.5 Å². The molecule has 0 unspecified atom stereocenters. The zero-order valence-corrected chi connectivity index (χ0v) is 17.8. The second-order valence-electron chi connectivity index (χ2n) is 9.35. The molecule has 0 fully saturated rings. The van der Waals surface area contributed by atoms with Crippen molar-refractivity contribution in [3.05, 3.63) is 47.0 Å². The van der Waals surface area contributed by atoms with Crippen LogP contribution >= 0.6 is 0 Å². The molecule has 1 heterocycles. The van der Waals surface area contributed by atoms with Crippen LogP contribution in [0.5, 0.6) is 5.75 Å². The average molecular weight is 366 g/mol. The Hall–Kier alpha value is -2.36. The standard InChI is InChI=1S/C23H31N3O/c1-15-13-17(23(6,7)14-22(3,4)5)21(27-8)20(16(15)2)26-24-18-11-9-10-12-19(18)25-26/h9-13H,14H2,1-8H3. The first-order valence-electron chi connectivity index (χ1n) is 9.55. The summed E-state index contributed by atoms with van der Waals surface area (Å²) in [6.07, 6.45) is 1.05. The molecule has 0 amide bonds. The summed E-state index contributed by atoms with van der Waals surface area (Å²) in [4.78, 5) is 1.74. The summed E-state index contributed by atoms with van der Waals surface area (Å²) in [6, 6.07) is 10.2. The van der Waals surface area contributed by atoms with Crippen molar-refractivity contribution in [2.45, 2.75) is 60.3 Å². The first-order valence-corrected chi connectivity index (χ1v) is 9.55. The third-order valence-electron chi connectivity index (χ3n) is 5.16. The van der Waals surface area contributed by atoms with Gasteiger partial charge in [-0.2, -0.15) is 0 Å². The maximum Gasteiger partial charge on any atom is 0.150 e. The molecule has 2 aromatic carbocycles. The third kappa shape index (κ3) is 3.71. The van der Waals surface area contributed by atoms with Crippen LogP contribution in [0.15, 0.2) is 30.3 Å². The fraction of sp³-hybridized carbons (Fsp3) is 0.478. The van der Waals surface area contributed by atoms with Crippen molar-refractivity contribution in [2.75, 3.05) is 7.11 Å². The topological polar surface area (TPSA) is 39.9 Å². The number of hydrogen-bond acceptors (Lipinski definition) is 3. The van der Waals surface area contributed by atoms with Crippen molar-refractivity contribution in [3.8, 4) is 11.4 Å². The Bertz CT molecular complexity index is 944. The lowest BCUT2D eigenvalue weighted by molar-refractivity contribution is 0.276. The van der Waals surface area contributed by atoms with Gasteiger partial charge in [-0.3, -0.25) is 0 Å². The zero-order chi connectivity index (χ0) is 20.0. The Morgan fingerprint density at radius 2 is 1.52 bits per heavy atom. The van der Waals surface area contributed by atoms with Gasteiger partial charge in [-0.05, 0) is 54.4 Å². The molecule has 1 aromatic heterocycles. The maximum atomic E-state index is 5.96. The second kappa shape index (κ2) is 6.66. The number of aryl methyl sites for hydroxylation is 1. The molecule has 0 radical (unpaired) electrons. The van der Waals surface area contributed by atoms with Crippen LogP contribution in [-0.4, -0.2) is 22.1 Å². The highest BCUT2D eigenvalue weighted by Gasteiger charge is 2.32. The zero-order valence-electron chi connectivity index (χ0n) is 17.8. The highest BCUT2D eigenvalue weighted by atomic mass is 16.5. The fourth-order valence-corrected chi connectivity index (χ4v) is 4.21. The lowest BCUT2D eigenvalue weighted by atomic mass is 9.71. The molecule has 0 spiro atoms. The number of nitrogens with zero attached hydrogens (tertiary/aromatic N) is 3. The SMILES string of the molecule is COc1c(C(C)(C)CC(C)(C)C)cc(C)c(C)c1-n1nc2ccccc2n1. The minimum absolute atomic E-state index is 0.0383. The van der Waals surface area contributed by atoms with Crippen LogP contribution in [0, 0.1) is 19.3 Å². The lowest BCUT2D eigenvalue weighted by Crippen LogP contribution is -2.26. The summed E-state index contributed by atoms with van der Waals surface area (Å²) < 4.78 is 5.96. The van der Waals surface area contributed by atoms with Gasteiger partial charge in [-0.25, -0.2) is 0 Å². The quantitative estimate of drug-likeness (QED) is 0.590. The Kier molecular flexibility index (Phi) is 4.79. The molecule has 144 valence electrons. The van der Waals surface area contributed by atoms with E-state index in [9.17, 15) is 0 Å². The van der Waals surface area contributed by atoms with Gasteiger partial charge in [0.2, 0.25) is 0 Å². The van der Waals surface area contributed by atoms with Crippen molar-refractivity contribution in [3.63, 3.8) is 0 Å². The largest absolute Gasteiger partial charge is 0.494 e. The minimum atomic E-state index is -0.0383. The molecule has 0 N–H and O–H groups in total. The predicted molar refractivity (Wildman–Crippen MR) is 112 cm³/mol. The van der Waals surface area contributed by atoms with Gasteiger partial charge in [-0.15, -0.1) is 15.0 Å². The van der Waals surface area contributed by atoms with E-state index < -0.39 is 0 Å². The van der Waals surface area contributed by atoms with Crippen LogP contribution in [0.1, 0.15) is 57.7 Å². The van der Waals surface area contributed by atoms with Crippen LogP contribution in [0.3, 0.4) is 0 Å². The number of ether oxygens (including phenoxy) is 1. The summed E-state index contributed by atoms with van der Waals surface area (Å²) in [5.41, 5.74) is 6.46. The monoisotopic (exact) mass is 365 g/mol. The van der Waals surface area contributed by atoms with Gasteiger partial charge in [0, 0.05) is 5.56 Å².